The molecule has 0 spiro atoms. The van der Waals surface area contributed by atoms with Gasteiger partial charge in [-0.05, 0) is 25.1 Å². The second kappa shape index (κ2) is 4.90. The molecule has 0 aliphatic heterocycles. The number of benzene rings is 1. The number of rotatable bonds is 3. The van der Waals surface area contributed by atoms with E-state index in [-0.39, 0.29) is 5.78 Å². The summed E-state index contributed by atoms with van der Waals surface area (Å²) in [5, 5.41) is 8.22. The summed E-state index contributed by atoms with van der Waals surface area (Å²) in [5.74, 6) is 0.449. The fourth-order valence-electron chi connectivity index (χ4n) is 2.28. The minimum absolute atomic E-state index is 0.0272. The molecule has 106 valence electrons. The summed E-state index contributed by atoms with van der Waals surface area (Å²) in [5.41, 5.74) is 8.94. The number of hydrogen-bond acceptors (Lipinski definition) is 5. The van der Waals surface area contributed by atoms with Crippen molar-refractivity contribution in [2.45, 2.75) is 6.92 Å². The first-order valence-electron chi connectivity index (χ1n) is 6.51. The van der Waals surface area contributed by atoms with Crippen molar-refractivity contribution < 1.29 is 4.79 Å². The second-order valence-electron chi connectivity index (χ2n) is 4.83. The van der Waals surface area contributed by atoms with Crippen LogP contribution in [0.1, 0.15) is 17.3 Å². The van der Waals surface area contributed by atoms with Gasteiger partial charge in [0.2, 0.25) is 0 Å². The van der Waals surface area contributed by atoms with Crippen molar-refractivity contribution in [1.29, 1.82) is 0 Å². The van der Waals surface area contributed by atoms with Crippen molar-refractivity contribution in [1.82, 2.24) is 14.8 Å². The maximum absolute atomic E-state index is 11.4. The maximum atomic E-state index is 11.4. The average Bonchev–Trinajstić information content (AvgIpc) is 2.75. The minimum atomic E-state index is 0.0272. The number of Topliss-reactive ketones (excluding diaryl/α,β-unsaturated/α-hetero) is 1. The Bertz CT molecular complexity index is 837. The van der Waals surface area contributed by atoms with E-state index >= 15 is 0 Å². The summed E-state index contributed by atoms with van der Waals surface area (Å²) >= 11 is 0. The van der Waals surface area contributed by atoms with Gasteiger partial charge in [-0.3, -0.25) is 4.79 Å². The first kappa shape index (κ1) is 13.1. The van der Waals surface area contributed by atoms with Crippen molar-refractivity contribution in [2.75, 3.05) is 11.1 Å². The lowest BCUT2D eigenvalue weighted by molar-refractivity contribution is 0.101. The number of anilines is 3. The Labute approximate surface area is 121 Å². The number of carbonyl (C=O) groups excluding carboxylic acids is 1. The Hall–Kier alpha value is -2.89. The van der Waals surface area contributed by atoms with Crippen molar-refractivity contribution in [3.63, 3.8) is 0 Å². The normalized spacial score (nSPS) is 10.8. The van der Waals surface area contributed by atoms with Crippen LogP contribution in [0.4, 0.5) is 17.2 Å². The summed E-state index contributed by atoms with van der Waals surface area (Å²) in [4.78, 5) is 15.7. The molecule has 0 atom stereocenters. The van der Waals surface area contributed by atoms with Crippen molar-refractivity contribution in [2.24, 2.45) is 7.05 Å². The van der Waals surface area contributed by atoms with E-state index in [9.17, 15) is 4.79 Å². The van der Waals surface area contributed by atoms with E-state index in [1.807, 2.05) is 18.2 Å². The van der Waals surface area contributed by atoms with Crippen LogP contribution >= 0.6 is 0 Å². The number of hydrogen-bond donors (Lipinski definition) is 2. The number of aryl methyl sites for hydroxylation is 1. The predicted octanol–water partition coefficient (Wildman–Crippen LogP) is 2.50. The molecule has 0 aliphatic carbocycles. The number of carbonyl (C=O) groups is 1. The molecule has 2 heterocycles. The van der Waals surface area contributed by atoms with Crippen molar-refractivity contribution >= 4 is 34.0 Å². The fourth-order valence-corrected chi connectivity index (χ4v) is 2.28. The maximum Gasteiger partial charge on any atom is 0.161 e. The number of nitrogens with zero attached hydrogens (tertiary/aromatic N) is 3. The van der Waals surface area contributed by atoms with Crippen LogP contribution in [-0.2, 0) is 7.05 Å². The highest BCUT2D eigenvalue weighted by Gasteiger charge is 2.12. The Morgan fingerprint density at radius 2 is 2.14 bits per heavy atom. The Morgan fingerprint density at radius 3 is 2.90 bits per heavy atom. The number of nitrogens with one attached hydrogen (secondary N) is 1. The SMILES string of the molecule is CC(=O)c1cccc(Nc2ccnc3c2c(N)nn3C)c1. The molecule has 0 radical (unpaired) electrons. The molecule has 6 nitrogen and oxygen atoms in total. The third kappa shape index (κ3) is 2.31. The van der Waals surface area contributed by atoms with Gasteiger partial charge in [0.25, 0.3) is 0 Å². The Morgan fingerprint density at radius 1 is 1.33 bits per heavy atom. The van der Waals surface area contributed by atoms with Gasteiger partial charge in [-0.2, -0.15) is 5.10 Å². The molecule has 0 amide bonds. The highest BCUT2D eigenvalue weighted by atomic mass is 16.1. The molecule has 0 unspecified atom stereocenters. The molecule has 0 saturated heterocycles. The zero-order valence-electron chi connectivity index (χ0n) is 11.8. The molecule has 2 aromatic heterocycles. The van der Waals surface area contributed by atoms with E-state index in [0.717, 1.165) is 16.8 Å². The number of ketones is 1. The van der Waals surface area contributed by atoms with E-state index in [4.69, 9.17) is 5.73 Å². The number of fused-ring (bicyclic) bond motifs is 1. The van der Waals surface area contributed by atoms with Crippen LogP contribution in [0.5, 0.6) is 0 Å². The number of pyridine rings is 1. The molecule has 3 rings (SSSR count). The minimum Gasteiger partial charge on any atom is -0.382 e. The molecule has 0 saturated carbocycles. The van der Waals surface area contributed by atoms with Crippen LogP contribution in [0, 0.1) is 0 Å². The molecule has 21 heavy (non-hydrogen) atoms. The molecule has 0 aliphatic rings. The lowest BCUT2D eigenvalue weighted by atomic mass is 10.1. The standard InChI is InChI=1S/C15H15N5O/c1-9(21)10-4-3-5-11(8-10)18-12-6-7-17-15-13(12)14(16)19-20(15)2/h3-8H,1-2H3,(H2,16,19)(H,17,18). The highest BCUT2D eigenvalue weighted by molar-refractivity contribution is 5.99. The zero-order chi connectivity index (χ0) is 15.0. The number of aromatic nitrogens is 3. The third-order valence-corrected chi connectivity index (χ3v) is 3.30. The molecular weight excluding hydrogens is 266 g/mol. The van der Waals surface area contributed by atoms with E-state index in [0.29, 0.717) is 17.0 Å². The van der Waals surface area contributed by atoms with E-state index in [1.54, 1.807) is 37.0 Å². The Balaban J connectivity index is 2.06. The van der Waals surface area contributed by atoms with Crippen LogP contribution in [0.15, 0.2) is 36.5 Å². The van der Waals surface area contributed by atoms with Gasteiger partial charge in [0, 0.05) is 24.5 Å². The molecule has 3 aromatic rings. The molecule has 0 fully saturated rings. The molecule has 6 heteroatoms. The topological polar surface area (TPSA) is 85.8 Å². The van der Waals surface area contributed by atoms with E-state index in [2.05, 4.69) is 15.4 Å². The van der Waals surface area contributed by atoms with E-state index < -0.39 is 0 Å². The van der Waals surface area contributed by atoms with E-state index in [1.165, 1.54) is 0 Å². The molecule has 0 bridgehead atoms. The second-order valence-corrected chi connectivity index (χ2v) is 4.83. The van der Waals surface area contributed by atoms with Crippen LogP contribution < -0.4 is 11.1 Å². The van der Waals surface area contributed by atoms with Gasteiger partial charge in [0.05, 0.1) is 11.1 Å². The van der Waals surface area contributed by atoms with Gasteiger partial charge in [-0.15, -0.1) is 0 Å². The van der Waals surface area contributed by atoms with Gasteiger partial charge >= 0.3 is 0 Å². The first-order valence-corrected chi connectivity index (χ1v) is 6.51. The number of nitrogen functional groups attached to an aromatic ring is 1. The van der Waals surface area contributed by atoms with Crippen LogP contribution in [-0.4, -0.2) is 20.5 Å². The molecule has 1 aromatic carbocycles. The molecular formula is C15H15N5O. The van der Waals surface area contributed by atoms with Gasteiger partial charge < -0.3 is 11.1 Å². The predicted molar refractivity (Wildman–Crippen MR) is 82.7 cm³/mol. The van der Waals surface area contributed by atoms with Crippen LogP contribution in [0.2, 0.25) is 0 Å². The summed E-state index contributed by atoms with van der Waals surface area (Å²) in [6.07, 6.45) is 1.70. The largest absolute Gasteiger partial charge is 0.382 e. The van der Waals surface area contributed by atoms with Crippen molar-refractivity contribution in [3.05, 3.63) is 42.1 Å². The zero-order valence-corrected chi connectivity index (χ0v) is 11.8. The summed E-state index contributed by atoms with van der Waals surface area (Å²) in [6, 6.07) is 9.16. The van der Waals surface area contributed by atoms with Gasteiger partial charge in [-0.25, -0.2) is 9.67 Å². The van der Waals surface area contributed by atoms with Gasteiger partial charge in [-0.1, -0.05) is 12.1 Å². The monoisotopic (exact) mass is 281 g/mol. The average molecular weight is 281 g/mol. The lowest BCUT2D eigenvalue weighted by Gasteiger charge is -2.08. The third-order valence-electron chi connectivity index (χ3n) is 3.30. The fraction of sp³-hybridized carbons (Fsp3) is 0.133. The summed E-state index contributed by atoms with van der Waals surface area (Å²) in [6.45, 7) is 1.54. The molecule has 3 N–H and O–H groups in total. The summed E-state index contributed by atoms with van der Waals surface area (Å²) < 4.78 is 1.64. The van der Waals surface area contributed by atoms with Crippen LogP contribution in [0.3, 0.4) is 0 Å². The summed E-state index contributed by atoms with van der Waals surface area (Å²) in [7, 11) is 1.80. The smallest absolute Gasteiger partial charge is 0.161 e. The quantitative estimate of drug-likeness (QED) is 0.720. The lowest BCUT2D eigenvalue weighted by Crippen LogP contribution is -1.97. The van der Waals surface area contributed by atoms with Crippen LogP contribution in [0.25, 0.3) is 11.0 Å². The highest BCUT2D eigenvalue weighted by Crippen LogP contribution is 2.29. The van der Waals surface area contributed by atoms with Gasteiger partial charge in [0.15, 0.2) is 17.2 Å². The Kier molecular flexibility index (Phi) is 3.06. The van der Waals surface area contributed by atoms with Gasteiger partial charge in [0.1, 0.15) is 0 Å². The first-order chi connectivity index (χ1) is 10.1. The van der Waals surface area contributed by atoms with Crippen molar-refractivity contribution in [3.8, 4) is 0 Å². The number of nitrogens with two attached hydrogens (primary N) is 1.